The van der Waals surface area contributed by atoms with E-state index in [0.29, 0.717) is 6.07 Å². The standard InChI is InChI=1S/C9H8FNO5/c10-7-3-5(11(15)16)1-2-6(7)8(12)4-9(13)14/h1-3,8,12H,4H2,(H,13,14). The first-order valence-electron chi connectivity index (χ1n) is 4.25. The van der Waals surface area contributed by atoms with Gasteiger partial charge in [0.25, 0.3) is 5.69 Å². The van der Waals surface area contributed by atoms with Crippen LogP contribution < -0.4 is 0 Å². The fourth-order valence-electron chi connectivity index (χ4n) is 1.18. The van der Waals surface area contributed by atoms with Crippen molar-refractivity contribution in [2.75, 3.05) is 0 Å². The number of aliphatic hydroxyl groups excluding tert-OH is 1. The van der Waals surface area contributed by atoms with E-state index in [1.54, 1.807) is 0 Å². The van der Waals surface area contributed by atoms with Gasteiger partial charge in [-0.15, -0.1) is 0 Å². The van der Waals surface area contributed by atoms with E-state index in [2.05, 4.69) is 0 Å². The number of non-ortho nitro benzene ring substituents is 1. The van der Waals surface area contributed by atoms with Crippen LogP contribution in [0, 0.1) is 15.9 Å². The van der Waals surface area contributed by atoms with Gasteiger partial charge in [-0.05, 0) is 6.07 Å². The molecule has 0 aromatic heterocycles. The summed E-state index contributed by atoms with van der Waals surface area (Å²) in [5.74, 6) is -2.28. The summed E-state index contributed by atoms with van der Waals surface area (Å²) in [7, 11) is 0. The molecule has 1 rings (SSSR count). The Morgan fingerprint density at radius 1 is 1.56 bits per heavy atom. The number of carbonyl (C=O) groups is 1. The Balaban J connectivity index is 2.98. The Morgan fingerprint density at radius 3 is 2.62 bits per heavy atom. The third-order valence-electron chi connectivity index (χ3n) is 1.92. The van der Waals surface area contributed by atoms with E-state index in [0.717, 1.165) is 12.1 Å². The number of carboxylic acids is 1. The van der Waals surface area contributed by atoms with Crippen molar-refractivity contribution >= 4 is 11.7 Å². The first-order valence-corrected chi connectivity index (χ1v) is 4.25. The van der Waals surface area contributed by atoms with E-state index in [9.17, 15) is 24.4 Å². The maximum absolute atomic E-state index is 13.3. The van der Waals surface area contributed by atoms with E-state index in [4.69, 9.17) is 5.11 Å². The van der Waals surface area contributed by atoms with E-state index >= 15 is 0 Å². The molecule has 0 aliphatic carbocycles. The van der Waals surface area contributed by atoms with E-state index in [1.165, 1.54) is 0 Å². The van der Waals surface area contributed by atoms with Gasteiger partial charge in [0.05, 0.1) is 23.5 Å². The third kappa shape index (κ3) is 2.74. The number of nitro groups is 1. The smallest absolute Gasteiger partial charge is 0.306 e. The molecule has 1 unspecified atom stereocenters. The highest BCUT2D eigenvalue weighted by Gasteiger charge is 2.18. The molecule has 16 heavy (non-hydrogen) atoms. The van der Waals surface area contributed by atoms with Gasteiger partial charge in [0.15, 0.2) is 0 Å². The Hall–Kier alpha value is -2.02. The van der Waals surface area contributed by atoms with Gasteiger partial charge in [-0.25, -0.2) is 4.39 Å². The predicted octanol–water partition coefficient (Wildman–Crippen LogP) is 1.24. The quantitative estimate of drug-likeness (QED) is 0.597. The zero-order valence-corrected chi connectivity index (χ0v) is 7.96. The number of hydrogen-bond acceptors (Lipinski definition) is 4. The molecule has 1 aromatic carbocycles. The number of hydrogen-bond donors (Lipinski definition) is 2. The summed E-state index contributed by atoms with van der Waals surface area (Å²) >= 11 is 0. The maximum Gasteiger partial charge on any atom is 0.306 e. The molecule has 0 aliphatic rings. The zero-order chi connectivity index (χ0) is 12.3. The third-order valence-corrected chi connectivity index (χ3v) is 1.92. The molecule has 1 atom stereocenters. The molecule has 0 aliphatic heterocycles. The molecular formula is C9H8FNO5. The molecule has 0 heterocycles. The number of halogens is 1. The first-order chi connectivity index (χ1) is 7.41. The van der Waals surface area contributed by atoms with Gasteiger partial charge in [0.2, 0.25) is 0 Å². The monoisotopic (exact) mass is 229 g/mol. The number of nitrogens with zero attached hydrogens (tertiary/aromatic N) is 1. The van der Waals surface area contributed by atoms with Crippen LogP contribution >= 0.6 is 0 Å². The second-order valence-electron chi connectivity index (χ2n) is 3.08. The van der Waals surface area contributed by atoms with Crippen LogP contribution in [0.5, 0.6) is 0 Å². The largest absolute Gasteiger partial charge is 0.481 e. The summed E-state index contributed by atoms with van der Waals surface area (Å²) in [6, 6.07) is 2.64. The number of nitro benzene ring substituents is 1. The van der Waals surface area contributed by atoms with Gasteiger partial charge >= 0.3 is 5.97 Å². The summed E-state index contributed by atoms with van der Waals surface area (Å²) in [6.45, 7) is 0. The predicted molar refractivity (Wildman–Crippen MR) is 50.3 cm³/mol. The SMILES string of the molecule is O=C(O)CC(O)c1ccc([N+](=O)[O-])cc1F. The van der Waals surface area contributed by atoms with Crippen molar-refractivity contribution in [3.05, 3.63) is 39.7 Å². The minimum atomic E-state index is -1.52. The van der Waals surface area contributed by atoms with Crippen molar-refractivity contribution in [3.63, 3.8) is 0 Å². The summed E-state index contributed by atoms with van der Waals surface area (Å²) < 4.78 is 13.3. The van der Waals surface area contributed by atoms with Crippen molar-refractivity contribution in [2.24, 2.45) is 0 Å². The Kier molecular flexibility index (Phi) is 3.51. The molecule has 7 heteroatoms. The van der Waals surface area contributed by atoms with Crippen LogP contribution in [-0.2, 0) is 4.79 Å². The normalized spacial score (nSPS) is 12.1. The van der Waals surface area contributed by atoms with Crippen molar-refractivity contribution in [1.82, 2.24) is 0 Å². The zero-order valence-electron chi connectivity index (χ0n) is 7.96. The molecule has 0 saturated heterocycles. The lowest BCUT2D eigenvalue weighted by atomic mass is 10.1. The average Bonchev–Trinajstić information content (AvgIpc) is 2.15. The topological polar surface area (TPSA) is 101 Å². The number of aliphatic hydroxyl groups is 1. The molecule has 1 aromatic rings. The lowest BCUT2D eigenvalue weighted by Crippen LogP contribution is -2.07. The fourth-order valence-corrected chi connectivity index (χ4v) is 1.18. The number of aliphatic carboxylic acids is 1. The Morgan fingerprint density at radius 2 is 2.19 bits per heavy atom. The van der Waals surface area contributed by atoms with Crippen LogP contribution in [0.25, 0.3) is 0 Å². The van der Waals surface area contributed by atoms with Gasteiger partial charge in [0.1, 0.15) is 5.82 Å². The number of carboxylic acid groups (broad SMARTS) is 1. The minimum Gasteiger partial charge on any atom is -0.481 e. The van der Waals surface area contributed by atoms with Crippen LogP contribution in [-0.4, -0.2) is 21.1 Å². The number of rotatable bonds is 4. The van der Waals surface area contributed by atoms with Gasteiger partial charge in [-0.3, -0.25) is 14.9 Å². The molecule has 86 valence electrons. The Labute approximate surface area is 89.1 Å². The lowest BCUT2D eigenvalue weighted by Gasteiger charge is -2.08. The van der Waals surface area contributed by atoms with E-state index in [1.807, 2.05) is 0 Å². The van der Waals surface area contributed by atoms with Crippen LogP contribution in [0.1, 0.15) is 18.1 Å². The van der Waals surface area contributed by atoms with Crippen molar-refractivity contribution in [3.8, 4) is 0 Å². The molecule has 0 fully saturated rings. The molecule has 6 nitrogen and oxygen atoms in total. The van der Waals surface area contributed by atoms with E-state index < -0.39 is 34.9 Å². The second-order valence-corrected chi connectivity index (χ2v) is 3.08. The van der Waals surface area contributed by atoms with Crippen LogP contribution in [0.2, 0.25) is 0 Å². The summed E-state index contributed by atoms with van der Waals surface area (Å²) in [5.41, 5.74) is -0.725. The molecular weight excluding hydrogens is 221 g/mol. The van der Waals surface area contributed by atoms with Crippen LogP contribution in [0.15, 0.2) is 18.2 Å². The van der Waals surface area contributed by atoms with Gasteiger partial charge in [0, 0.05) is 11.6 Å². The fraction of sp³-hybridized carbons (Fsp3) is 0.222. The van der Waals surface area contributed by atoms with Gasteiger partial charge < -0.3 is 10.2 Å². The highest BCUT2D eigenvalue weighted by atomic mass is 19.1. The van der Waals surface area contributed by atoms with Crippen molar-refractivity contribution < 1.29 is 24.3 Å². The molecule has 0 saturated carbocycles. The minimum absolute atomic E-state index is 0.270. The summed E-state index contributed by atoms with van der Waals surface area (Å²) in [4.78, 5) is 19.8. The van der Waals surface area contributed by atoms with Crippen LogP contribution in [0.3, 0.4) is 0 Å². The van der Waals surface area contributed by atoms with Crippen molar-refractivity contribution in [2.45, 2.75) is 12.5 Å². The highest BCUT2D eigenvalue weighted by molar-refractivity contribution is 5.67. The van der Waals surface area contributed by atoms with E-state index in [-0.39, 0.29) is 5.56 Å². The van der Waals surface area contributed by atoms with Crippen molar-refractivity contribution in [1.29, 1.82) is 0 Å². The second kappa shape index (κ2) is 4.67. The molecule has 0 amide bonds. The molecule has 2 N–H and O–H groups in total. The van der Waals surface area contributed by atoms with Crippen LogP contribution in [0.4, 0.5) is 10.1 Å². The van der Waals surface area contributed by atoms with Gasteiger partial charge in [-0.1, -0.05) is 0 Å². The first kappa shape index (κ1) is 12.1. The summed E-state index contributed by atoms with van der Waals surface area (Å²) in [6.07, 6.45) is -2.17. The highest BCUT2D eigenvalue weighted by Crippen LogP contribution is 2.23. The molecule has 0 radical (unpaired) electrons. The molecule has 0 spiro atoms. The summed E-state index contributed by atoms with van der Waals surface area (Å²) in [5, 5.41) is 28.0. The molecule has 0 bridgehead atoms. The van der Waals surface area contributed by atoms with Gasteiger partial charge in [-0.2, -0.15) is 0 Å². The Bertz CT molecular complexity index is 434. The number of benzene rings is 1. The lowest BCUT2D eigenvalue weighted by molar-refractivity contribution is -0.385. The maximum atomic E-state index is 13.3. The average molecular weight is 229 g/mol.